The molecule has 1 fully saturated rings. The van der Waals surface area contributed by atoms with Crippen molar-refractivity contribution in [1.82, 2.24) is 9.21 Å². The first-order chi connectivity index (χ1) is 12.5. The van der Waals surface area contributed by atoms with Gasteiger partial charge in [0.1, 0.15) is 0 Å². The van der Waals surface area contributed by atoms with E-state index in [1.807, 2.05) is 18.2 Å². The molecule has 0 saturated carbocycles. The van der Waals surface area contributed by atoms with Crippen LogP contribution in [0.5, 0.6) is 0 Å². The van der Waals surface area contributed by atoms with Crippen LogP contribution < -0.4 is 0 Å². The van der Waals surface area contributed by atoms with Crippen molar-refractivity contribution in [1.29, 1.82) is 0 Å². The van der Waals surface area contributed by atoms with Crippen LogP contribution in [-0.4, -0.2) is 49.8 Å². The smallest absolute Gasteiger partial charge is 0.218 e. The number of hydrogen-bond acceptors (Lipinski definition) is 3. The van der Waals surface area contributed by atoms with Gasteiger partial charge in [-0.3, -0.25) is 4.90 Å². The zero-order chi connectivity index (χ0) is 18.6. The summed E-state index contributed by atoms with van der Waals surface area (Å²) in [6, 6.07) is 17.9. The highest BCUT2D eigenvalue weighted by molar-refractivity contribution is 7.88. The summed E-state index contributed by atoms with van der Waals surface area (Å²) in [6.45, 7) is 4.80. The molecule has 0 N–H and O–H groups in total. The van der Waals surface area contributed by atoms with Gasteiger partial charge in [-0.2, -0.15) is 4.31 Å². The van der Waals surface area contributed by atoms with Crippen LogP contribution in [0.1, 0.15) is 18.1 Å². The largest absolute Gasteiger partial charge is 0.298 e. The van der Waals surface area contributed by atoms with Crippen LogP contribution in [-0.2, 0) is 22.2 Å². The number of halogens is 1. The van der Waals surface area contributed by atoms with E-state index in [-0.39, 0.29) is 5.75 Å². The van der Waals surface area contributed by atoms with Gasteiger partial charge in [-0.1, -0.05) is 60.1 Å². The first kappa shape index (κ1) is 19.4. The Hall–Kier alpha value is -1.40. The third kappa shape index (κ3) is 4.86. The molecule has 1 aliphatic rings. The van der Waals surface area contributed by atoms with Crippen molar-refractivity contribution < 1.29 is 8.42 Å². The Bertz CT molecular complexity index is 819. The molecule has 0 bridgehead atoms. The van der Waals surface area contributed by atoms with Gasteiger partial charge >= 0.3 is 0 Å². The summed E-state index contributed by atoms with van der Waals surface area (Å²) in [6.07, 6.45) is 0.979. The second kappa shape index (κ2) is 8.53. The standard InChI is InChI=1S/C20H25ClN2O2S/c1-17(15-18-7-3-2-4-8-18)22-11-13-23(14-12-22)26(24,25)16-19-9-5-6-10-20(19)21/h2-10,17H,11-16H2,1H3. The van der Waals surface area contributed by atoms with Crippen molar-refractivity contribution in [3.8, 4) is 0 Å². The van der Waals surface area contributed by atoms with Gasteiger partial charge in [0, 0.05) is 37.2 Å². The van der Waals surface area contributed by atoms with Crippen LogP contribution in [0.4, 0.5) is 0 Å². The molecular weight excluding hydrogens is 368 g/mol. The van der Waals surface area contributed by atoms with E-state index in [0.717, 1.165) is 19.5 Å². The molecule has 1 aliphatic heterocycles. The molecule has 2 aromatic rings. The third-order valence-corrected chi connectivity index (χ3v) is 7.16. The highest BCUT2D eigenvalue weighted by Gasteiger charge is 2.29. The maximum Gasteiger partial charge on any atom is 0.218 e. The molecule has 0 aromatic heterocycles. The molecule has 1 unspecified atom stereocenters. The summed E-state index contributed by atoms with van der Waals surface area (Å²) in [4.78, 5) is 2.37. The second-order valence-corrected chi connectivity index (χ2v) is 9.20. The molecule has 1 saturated heterocycles. The van der Waals surface area contributed by atoms with Gasteiger partial charge in [-0.15, -0.1) is 0 Å². The van der Waals surface area contributed by atoms with Crippen LogP contribution in [0.3, 0.4) is 0 Å². The Morgan fingerprint density at radius 2 is 1.58 bits per heavy atom. The highest BCUT2D eigenvalue weighted by atomic mass is 35.5. The number of benzene rings is 2. The molecular formula is C20H25ClN2O2S. The maximum atomic E-state index is 12.7. The number of rotatable bonds is 6. The van der Waals surface area contributed by atoms with E-state index in [2.05, 4.69) is 36.1 Å². The van der Waals surface area contributed by atoms with Crippen molar-refractivity contribution in [2.24, 2.45) is 0 Å². The molecule has 0 spiro atoms. The molecule has 1 heterocycles. The maximum absolute atomic E-state index is 12.7. The van der Waals surface area contributed by atoms with Gasteiger partial charge in [-0.05, 0) is 30.5 Å². The normalized spacial score (nSPS) is 17.9. The quantitative estimate of drug-likeness (QED) is 0.756. The number of hydrogen-bond donors (Lipinski definition) is 0. The van der Waals surface area contributed by atoms with E-state index in [0.29, 0.717) is 29.7 Å². The minimum atomic E-state index is -3.34. The second-order valence-electron chi connectivity index (χ2n) is 6.82. The van der Waals surface area contributed by atoms with E-state index in [1.165, 1.54) is 5.56 Å². The monoisotopic (exact) mass is 392 g/mol. The zero-order valence-electron chi connectivity index (χ0n) is 15.0. The van der Waals surface area contributed by atoms with Crippen LogP contribution in [0, 0.1) is 0 Å². The van der Waals surface area contributed by atoms with Crippen LogP contribution in [0.25, 0.3) is 0 Å². The van der Waals surface area contributed by atoms with Crippen molar-refractivity contribution in [3.05, 3.63) is 70.7 Å². The topological polar surface area (TPSA) is 40.6 Å². The molecule has 1 atom stereocenters. The number of sulfonamides is 1. The lowest BCUT2D eigenvalue weighted by Crippen LogP contribution is -2.51. The van der Waals surface area contributed by atoms with E-state index in [4.69, 9.17) is 11.6 Å². The Balaban J connectivity index is 1.56. The predicted octanol–water partition coefficient (Wildman–Crippen LogP) is 3.42. The van der Waals surface area contributed by atoms with Crippen LogP contribution >= 0.6 is 11.6 Å². The van der Waals surface area contributed by atoms with Gasteiger partial charge in [0.2, 0.25) is 10.0 Å². The van der Waals surface area contributed by atoms with Gasteiger partial charge in [0.25, 0.3) is 0 Å². The van der Waals surface area contributed by atoms with E-state index in [9.17, 15) is 8.42 Å². The Morgan fingerprint density at radius 3 is 2.23 bits per heavy atom. The average Bonchev–Trinajstić information content (AvgIpc) is 2.64. The molecule has 0 amide bonds. The van der Waals surface area contributed by atoms with Crippen LogP contribution in [0.2, 0.25) is 5.02 Å². The average molecular weight is 393 g/mol. The first-order valence-electron chi connectivity index (χ1n) is 8.95. The summed E-state index contributed by atoms with van der Waals surface area (Å²) in [5.41, 5.74) is 1.97. The first-order valence-corrected chi connectivity index (χ1v) is 10.9. The Kier molecular flexibility index (Phi) is 6.35. The molecule has 6 heteroatoms. The van der Waals surface area contributed by atoms with Crippen molar-refractivity contribution in [2.45, 2.75) is 25.1 Å². The summed E-state index contributed by atoms with van der Waals surface area (Å²) < 4.78 is 27.0. The minimum absolute atomic E-state index is 0.0355. The lowest BCUT2D eigenvalue weighted by molar-refractivity contribution is 0.145. The van der Waals surface area contributed by atoms with E-state index < -0.39 is 10.0 Å². The van der Waals surface area contributed by atoms with Crippen molar-refractivity contribution in [2.75, 3.05) is 26.2 Å². The fourth-order valence-corrected chi connectivity index (χ4v) is 5.24. The molecule has 2 aromatic carbocycles. The van der Waals surface area contributed by atoms with Crippen molar-refractivity contribution >= 4 is 21.6 Å². The lowest BCUT2D eigenvalue weighted by Gasteiger charge is -2.37. The fraction of sp³-hybridized carbons (Fsp3) is 0.400. The summed E-state index contributed by atoms with van der Waals surface area (Å²) >= 11 is 6.12. The van der Waals surface area contributed by atoms with Crippen LogP contribution in [0.15, 0.2) is 54.6 Å². The highest BCUT2D eigenvalue weighted by Crippen LogP contribution is 2.21. The van der Waals surface area contributed by atoms with Gasteiger partial charge in [0.15, 0.2) is 0 Å². The SMILES string of the molecule is CC(Cc1ccccc1)N1CCN(S(=O)(=O)Cc2ccccc2Cl)CC1. The van der Waals surface area contributed by atoms with Crippen molar-refractivity contribution in [3.63, 3.8) is 0 Å². The summed E-state index contributed by atoms with van der Waals surface area (Å²) in [5, 5.41) is 0.506. The predicted molar refractivity (Wildman–Crippen MR) is 107 cm³/mol. The summed E-state index contributed by atoms with van der Waals surface area (Å²) in [5.74, 6) is -0.0355. The van der Waals surface area contributed by atoms with E-state index >= 15 is 0 Å². The zero-order valence-corrected chi connectivity index (χ0v) is 16.6. The minimum Gasteiger partial charge on any atom is -0.298 e. The summed E-state index contributed by atoms with van der Waals surface area (Å²) in [7, 11) is -3.34. The molecule has 3 rings (SSSR count). The molecule has 0 aliphatic carbocycles. The fourth-order valence-electron chi connectivity index (χ4n) is 3.41. The molecule has 4 nitrogen and oxygen atoms in total. The third-order valence-electron chi connectivity index (χ3n) is 4.96. The molecule has 140 valence electrons. The Morgan fingerprint density at radius 1 is 0.962 bits per heavy atom. The lowest BCUT2D eigenvalue weighted by atomic mass is 10.1. The molecule has 26 heavy (non-hydrogen) atoms. The van der Waals surface area contributed by atoms with Gasteiger partial charge < -0.3 is 0 Å². The molecule has 0 radical (unpaired) electrons. The number of piperazine rings is 1. The van der Waals surface area contributed by atoms with E-state index in [1.54, 1.807) is 16.4 Å². The van der Waals surface area contributed by atoms with Gasteiger partial charge in [0.05, 0.1) is 5.75 Å². The number of nitrogens with zero attached hydrogens (tertiary/aromatic N) is 2. The van der Waals surface area contributed by atoms with Gasteiger partial charge in [-0.25, -0.2) is 8.42 Å². The Labute approximate surface area is 161 Å².